The topological polar surface area (TPSA) is 38.9 Å². The highest BCUT2D eigenvalue weighted by atomic mass is 16.3. The third-order valence-corrected chi connectivity index (χ3v) is 4.55. The maximum absolute atomic E-state index is 5.32. The van der Waals surface area contributed by atoms with Crippen molar-refractivity contribution in [2.75, 3.05) is 0 Å². The van der Waals surface area contributed by atoms with Crippen LogP contribution in [0.2, 0.25) is 0 Å². The van der Waals surface area contributed by atoms with E-state index in [1.807, 2.05) is 24.4 Å². The lowest BCUT2D eigenvalue weighted by Gasteiger charge is -2.10. The van der Waals surface area contributed by atoms with Gasteiger partial charge in [-0.25, -0.2) is 4.98 Å². The van der Waals surface area contributed by atoms with E-state index >= 15 is 0 Å². The summed E-state index contributed by atoms with van der Waals surface area (Å²) in [6, 6.07) is 16.6. The second kappa shape index (κ2) is 5.17. The Morgan fingerprint density at radius 2 is 1.88 bits per heavy atom. The molecule has 0 amide bonds. The highest BCUT2D eigenvalue weighted by molar-refractivity contribution is 5.85. The monoisotopic (exact) mass is 310 g/mol. The largest absolute Gasteiger partial charge is 0.472 e. The van der Waals surface area contributed by atoms with E-state index in [0.717, 1.165) is 28.9 Å². The first-order valence-electron chi connectivity index (χ1n) is 7.95. The molecular weight excluding hydrogens is 296 g/mol. The van der Waals surface area contributed by atoms with Gasteiger partial charge >= 0.3 is 0 Å². The van der Waals surface area contributed by atoms with Gasteiger partial charge in [-0.1, -0.05) is 24.3 Å². The van der Waals surface area contributed by atoms with Crippen LogP contribution in [0.15, 0.2) is 77.9 Å². The molecule has 0 unspecified atom stereocenters. The molecule has 0 saturated heterocycles. The smallest absolute Gasteiger partial charge is 0.0981 e. The summed E-state index contributed by atoms with van der Waals surface area (Å²) in [5.41, 5.74) is 9.13. The van der Waals surface area contributed by atoms with Crippen molar-refractivity contribution in [2.24, 2.45) is 0 Å². The predicted molar refractivity (Wildman–Crippen MR) is 93.4 cm³/mol. The third-order valence-electron chi connectivity index (χ3n) is 4.55. The van der Waals surface area contributed by atoms with Gasteiger partial charge in [0.1, 0.15) is 0 Å². The van der Waals surface area contributed by atoms with E-state index in [0.29, 0.717) is 0 Å². The minimum absolute atomic E-state index is 0.909. The molecule has 0 aliphatic heterocycles. The second-order valence-corrected chi connectivity index (χ2v) is 5.97. The van der Waals surface area contributed by atoms with Crippen LogP contribution in [-0.2, 0) is 6.42 Å². The number of nitrogens with zero attached hydrogens (tertiary/aromatic N) is 2. The van der Waals surface area contributed by atoms with Gasteiger partial charge in [-0.3, -0.25) is 4.98 Å². The lowest BCUT2D eigenvalue weighted by molar-refractivity contribution is 0.568. The maximum Gasteiger partial charge on any atom is 0.0981 e. The predicted octanol–water partition coefficient (Wildman–Crippen LogP) is 4.97. The van der Waals surface area contributed by atoms with Crippen molar-refractivity contribution in [1.29, 1.82) is 0 Å². The molecule has 3 heteroatoms. The summed E-state index contributed by atoms with van der Waals surface area (Å²) < 4.78 is 5.32. The molecule has 3 aromatic heterocycles. The van der Waals surface area contributed by atoms with Crippen molar-refractivity contribution < 1.29 is 4.42 Å². The summed E-state index contributed by atoms with van der Waals surface area (Å²) in [5.74, 6) is 0. The standard InChI is InChI=1S/C21H14N2O/c1-2-6-17-14(4-1)10-19-18(16-7-9-24-13-16)11-20(23-21(17)19)15-5-3-8-22-12-15/h1-9,11-13H,10H2. The summed E-state index contributed by atoms with van der Waals surface area (Å²) in [6.07, 6.45) is 8.06. The molecule has 0 atom stereocenters. The number of hydrogen-bond donors (Lipinski definition) is 0. The first-order chi connectivity index (χ1) is 11.9. The van der Waals surface area contributed by atoms with Crippen LogP contribution in [-0.4, -0.2) is 9.97 Å². The number of rotatable bonds is 2. The van der Waals surface area contributed by atoms with Crippen LogP contribution in [0.4, 0.5) is 0 Å². The van der Waals surface area contributed by atoms with E-state index in [1.165, 1.54) is 22.3 Å². The molecule has 114 valence electrons. The number of pyridine rings is 2. The van der Waals surface area contributed by atoms with E-state index in [9.17, 15) is 0 Å². The Kier molecular flexibility index (Phi) is 2.85. The average Bonchev–Trinajstić information content (AvgIpc) is 3.29. The van der Waals surface area contributed by atoms with Crippen LogP contribution in [0.1, 0.15) is 11.1 Å². The highest BCUT2D eigenvalue weighted by Crippen LogP contribution is 2.42. The molecule has 1 aliphatic rings. The van der Waals surface area contributed by atoms with Crippen molar-refractivity contribution in [3.8, 4) is 33.6 Å². The molecule has 3 nitrogen and oxygen atoms in total. The van der Waals surface area contributed by atoms with Gasteiger partial charge in [0.25, 0.3) is 0 Å². The maximum atomic E-state index is 5.32. The molecule has 0 fully saturated rings. The van der Waals surface area contributed by atoms with Gasteiger partial charge in [-0.2, -0.15) is 0 Å². The minimum atomic E-state index is 0.909. The Morgan fingerprint density at radius 3 is 2.71 bits per heavy atom. The first-order valence-corrected chi connectivity index (χ1v) is 7.95. The summed E-state index contributed by atoms with van der Waals surface area (Å²) in [6.45, 7) is 0. The molecule has 5 rings (SSSR count). The third kappa shape index (κ3) is 1.98. The van der Waals surface area contributed by atoms with E-state index in [2.05, 4.69) is 35.3 Å². The number of furan rings is 1. The molecule has 0 N–H and O–H groups in total. The summed E-state index contributed by atoms with van der Waals surface area (Å²) in [7, 11) is 0. The molecule has 24 heavy (non-hydrogen) atoms. The molecule has 0 saturated carbocycles. The molecule has 0 radical (unpaired) electrons. The van der Waals surface area contributed by atoms with Gasteiger partial charge in [-0.15, -0.1) is 0 Å². The normalized spacial score (nSPS) is 12.0. The number of aromatic nitrogens is 2. The van der Waals surface area contributed by atoms with Crippen molar-refractivity contribution in [3.05, 3.63) is 84.6 Å². The number of benzene rings is 1. The van der Waals surface area contributed by atoms with E-state index in [1.54, 1.807) is 18.7 Å². The van der Waals surface area contributed by atoms with Crippen molar-refractivity contribution >= 4 is 0 Å². The highest BCUT2D eigenvalue weighted by Gasteiger charge is 2.24. The van der Waals surface area contributed by atoms with Crippen LogP contribution in [0, 0.1) is 0 Å². The van der Waals surface area contributed by atoms with Crippen LogP contribution in [0.5, 0.6) is 0 Å². The zero-order valence-electron chi connectivity index (χ0n) is 12.9. The summed E-state index contributed by atoms with van der Waals surface area (Å²) in [5, 5.41) is 0. The second-order valence-electron chi connectivity index (χ2n) is 5.97. The molecule has 0 spiro atoms. The Balaban J connectivity index is 1.80. The summed E-state index contributed by atoms with van der Waals surface area (Å²) >= 11 is 0. The molecule has 1 aliphatic carbocycles. The quantitative estimate of drug-likeness (QED) is 0.462. The zero-order valence-corrected chi connectivity index (χ0v) is 12.9. The Hall–Kier alpha value is -3.20. The minimum Gasteiger partial charge on any atom is -0.472 e. The van der Waals surface area contributed by atoms with E-state index in [4.69, 9.17) is 9.40 Å². The number of fused-ring (bicyclic) bond motifs is 3. The lowest BCUT2D eigenvalue weighted by Crippen LogP contribution is -1.94. The molecule has 3 heterocycles. The van der Waals surface area contributed by atoms with Gasteiger partial charge in [-0.05, 0) is 41.0 Å². The van der Waals surface area contributed by atoms with Crippen LogP contribution < -0.4 is 0 Å². The van der Waals surface area contributed by atoms with Gasteiger partial charge in [0.05, 0.1) is 23.9 Å². The molecule has 0 bridgehead atoms. The molecular formula is C21H14N2O. The fourth-order valence-electron chi connectivity index (χ4n) is 3.41. The zero-order chi connectivity index (χ0) is 15.9. The van der Waals surface area contributed by atoms with Crippen molar-refractivity contribution in [1.82, 2.24) is 9.97 Å². The Labute approximate surface area is 139 Å². The molecule has 1 aromatic carbocycles. The van der Waals surface area contributed by atoms with Gasteiger partial charge in [0.2, 0.25) is 0 Å². The SMILES string of the molecule is c1cncc(-c2cc(-c3ccoc3)c3c(n2)-c2ccccc2C3)c1. The lowest BCUT2D eigenvalue weighted by atomic mass is 9.98. The van der Waals surface area contributed by atoms with Crippen molar-refractivity contribution in [2.45, 2.75) is 6.42 Å². The average molecular weight is 310 g/mol. The van der Waals surface area contributed by atoms with Gasteiger partial charge in [0.15, 0.2) is 0 Å². The van der Waals surface area contributed by atoms with E-state index < -0.39 is 0 Å². The molecule has 4 aromatic rings. The number of hydrogen-bond acceptors (Lipinski definition) is 3. The fraction of sp³-hybridized carbons (Fsp3) is 0.0476. The van der Waals surface area contributed by atoms with E-state index in [-0.39, 0.29) is 0 Å². The van der Waals surface area contributed by atoms with Crippen molar-refractivity contribution in [3.63, 3.8) is 0 Å². The Bertz CT molecular complexity index is 1020. The van der Waals surface area contributed by atoms with Crippen LogP contribution >= 0.6 is 0 Å². The van der Waals surface area contributed by atoms with Crippen LogP contribution in [0.25, 0.3) is 33.6 Å². The van der Waals surface area contributed by atoms with Crippen LogP contribution in [0.3, 0.4) is 0 Å². The van der Waals surface area contributed by atoms with Gasteiger partial charge < -0.3 is 4.42 Å². The fourth-order valence-corrected chi connectivity index (χ4v) is 3.41. The van der Waals surface area contributed by atoms with Gasteiger partial charge in [0, 0.05) is 35.5 Å². The first kappa shape index (κ1) is 13.3. The Morgan fingerprint density at radius 1 is 0.917 bits per heavy atom. The summed E-state index contributed by atoms with van der Waals surface area (Å²) in [4.78, 5) is 9.20.